The van der Waals surface area contributed by atoms with Crippen molar-refractivity contribution < 1.29 is 52.2 Å². The molecule has 0 bridgehead atoms. The summed E-state index contributed by atoms with van der Waals surface area (Å²) in [7, 11) is -8.56. The van der Waals surface area contributed by atoms with Crippen LogP contribution in [0.5, 0.6) is 0 Å². The first-order valence-corrected chi connectivity index (χ1v) is 16.7. The van der Waals surface area contributed by atoms with Crippen molar-refractivity contribution in [2.45, 2.75) is 17.9 Å². The molecule has 5 N–H and O–H groups in total. The summed E-state index contributed by atoms with van der Waals surface area (Å²) in [5, 5.41) is 11.9. The van der Waals surface area contributed by atoms with E-state index in [0.717, 1.165) is 0 Å². The van der Waals surface area contributed by atoms with E-state index >= 15 is 4.39 Å². The molecule has 0 spiro atoms. The third kappa shape index (κ3) is 7.80. The maximum Gasteiger partial charge on any atom is 0.414 e. The number of nitrogens with one attached hydrogen (secondary N) is 1. The van der Waals surface area contributed by atoms with E-state index in [9.17, 15) is 38.3 Å². The highest BCUT2D eigenvalue weighted by molar-refractivity contribution is 7.70. The molecule has 2 aromatic heterocycles. The van der Waals surface area contributed by atoms with Crippen molar-refractivity contribution in [2.75, 3.05) is 23.4 Å². The minimum atomic E-state index is -5.09. The van der Waals surface area contributed by atoms with Crippen LogP contribution in [0.1, 0.15) is 5.56 Å². The van der Waals surface area contributed by atoms with Gasteiger partial charge >= 0.3 is 27.4 Å². The fourth-order valence-corrected chi connectivity index (χ4v) is 6.95. The Kier molecular flexibility index (Phi) is 9.30. The molecule has 17 nitrogen and oxygen atoms in total. The Hall–Kier alpha value is -4.57. The van der Waals surface area contributed by atoms with Gasteiger partial charge in [0.1, 0.15) is 18.1 Å². The number of ether oxygens (including phenoxy) is 2. The number of amides is 2. The van der Waals surface area contributed by atoms with Crippen molar-refractivity contribution in [2.24, 2.45) is 7.05 Å². The van der Waals surface area contributed by atoms with Crippen LogP contribution in [-0.2, 0) is 32.1 Å². The fraction of sp³-hybridized carbons (Fsp3) is 0.231. The van der Waals surface area contributed by atoms with Crippen LogP contribution < -0.4 is 10.2 Å². The zero-order valence-corrected chi connectivity index (χ0v) is 25.5. The van der Waals surface area contributed by atoms with E-state index < -0.39 is 51.1 Å². The topological polar surface area (TPSA) is 239 Å². The third-order valence-corrected chi connectivity index (χ3v) is 10.5. The first-order valence-electron chi connectivity index (χ1n) is 13.3. The summed E-state index contributed by atoms with van der Waals surface area (Å²) in [6.07, 6.45) is -1.65. The molecule has 5 rings (SSSR count). The molecule has 2 aromatic carbocycles. The number of aromatic nitrogens is 5. The van der Waals surface area contributed by atoms with Gasteiger partial charge in [-0.05, 0) is 53.6 Å². The highest BCUT2D eigenvalue weighted by atomic mass is 31.2. The van der Waals surface area contributed by atoms with Gasteiger partial charge in [0.25, 0.3) is 0 Å². The number of nitrogens with zero attached hydrogens (tertiary/aromatic N) is 6. The molecule has 1 atom stereocenters. The number of carbonyl (C=O) groups excluding carboxylic acids is 2. The fourth-order valence-electron chi connectivity index (χ4n) is 4.49. The second kappa shape index (κ2) is 13.0. The number of tetrazole rings is 1. The number of anilines is 2. The molecular formula is C26H26FN7O10P2. The minimum absolute atomic E-state index is 0.0265. The van der Waals surface area contributed by atoms with Gasteiger partial charge in [0, 0.05) is 23.0 Å². The molecule has 0 saturated carbocycles. The molecule has 1 saturated heterocycles. The summed E-state index contributed by atoms with van der Waals surface area (Å²) < 4.78 is 48.5. The Morgan fingerprint density at radius 2 is 1.83 bits per heavy atom. The zero-order valence-electron chi connectivity index (χ0n) is 23.7. The van der Waals surface area contributed by atoms with Crippen LogP contribution in [0, 0.1) is 5.82 Å². The summed E-state index contributed by atoms with van der Waals surface area (Å²) in [6.45, 7) is -0.348. The van der Waals surface area contributed by atoms with Gasteiger partial charge in [0.05, 0.1) is 19.3 Å². The largest absolute Gasteiger partial charge is 0.445 e. The summed E-state index contributed by atoms with van der Waals surface area (Å²) >= 11 is 0. The van der Waals surface area contributed by atoms with Crippen LogP contribution in [0.2, 0.25) is 0 Å². The van der Waals surface area contributed by atoms with Crippen LogP contribution >= 0.6 is 15.2 Å². The van der Waals surface area contributed by atoms with Crippen molar-refractivity contribution in [1.29, 1.82) is 0 Å². The molecule has 1 aliphatic heterocycles. The Labute approximate surface area is 259 Å². The zero-order chi connectivity index (χ0) is 33.2. The van der Waals surface area contributed by atoms with E-state index in [1.807, 2.05) is 0 Å². The van der Waals surface area contributed by atoms with E-state index in [2.05, 4.69) is 25.7 Å². The lowest BCUT2D eigenvalue weighted by Gasteiger charge is -2.19. The first kappa shape index (κ1) is 32.8. The summed E-state index contributed by atoms with van der Waals surface area (Å²) in [6, 6.07) is 12.9. The number of aryl methyl sites for hydroxylation is 1. The van der Waals surface area contributed by atoms with Crippen LogP contribution in [0.25, 0.3) is 22.6 Å². The second-order valence-electron chi connectivity index (χ2n) is 10.1. The highest BCUT2D eigenvalue weighted by Crippen LogP contribution is 2.60. The van der Waals surface area contributed by atoms with Gasteiger partial charge in [-0.3, -0.25) is 24.3 Å². The van der Waals surface area contributed by atoms with Gasteiger partial charge in [-0.15, -0.1) is 10.2 Å². The SMILES string of the molecule is Cn1nnc(-c2ccc(-c3ccc(N4C[C@H](COC(=O)Nc5ccc(CC(P(=O)(O)O)P(=O)(O)O)cc5)OC4=O)cc3F)cn2)n1. The number of rotatable bonds is 10. The van der Waals surface area contributed by atoms with Gasteiger partial charge in [-0.25, -0.2) is 14.0 Å². The van der Waals surface area contributed by atoms with E-state index in [0.29, 0.717) is 17.1 Å². The van der Waals surface area contributed by atoms with Gasteiger partial charge in [-0.2, -0.15) is 4.80 Å². The Morgan fingerprint density at radius 1 is 1.11 bits per heavy atom. The molecule has 0 radical (unpaired) electrons. The molecule has 3 heterocycles. The third-order valence-electron chi connectivity index (χ3n) is 6.75. The highest BCUT2D eigenvalue weighted by Gasteiger charge is 2.43. The Balaban J connectivity index is 1.14. The summed E-state index contributed by atoms with van der Waals surface area (Å²) in [5.41, 5.74) is 1.85. The molecule has 0 unspecified atom stereocenters. The quantitative estimate of drug-likeness (QED) is 0.152. The number of cyclic esters (lactones) is 1. The van der Waals surface area contributed by atoms with Crippen LogP contribution in [0.15, 0.2) is 60.8 Å². The van der Waals surface area contributed by atoms with Gasteiger partial charge in [0.15, 0.2) is 11.5 Å². The lowest BCUT2D eigenvalue weighted by atomic mass is 10.1. The average Bonchev–Trinajstić information content (AvgIpc) is 3.59. The maximum absolute atomic E-state index is 15.1. The lowest BCUT2D eigenvalue weighted by Crippen LogP contribution is -2.27. The standard InChI is InChI=1S/C26H26FN7O10P2/c1-33-31-24(30-32-33)22-9-4-16(12-28-22)20-8-7-18(11-21(20)27)34-13-19(44-26(34)36)14-43-25(35)29-17-5-2-15(3-6-17)10-23(45(37,38)39)46(40,41)42/h2-9,11-12,19,23H,10,13-14H2,1H3,(H,29,35)(H2,37,38,39)(H2,40,41,42)/t19-/m1/s1. The monoisotopic (exact) mass is 677 g/mol. The molecule has 20 heteroatoms. The van der Waals surface area contributed by atoms with Crippen molar-refractivity contribution in [3.05, 3.63) is 72.2 Å². The van der Waals surface area contributed by atoms with Crippen molar-refractivity contribution >= 4 is 38.8 Å². The van der Waals surface area contributed by atoms with E-state index in [1.165, 1.54) is 52.3 Å². The average molecular weight is 677 g/mol. The molecule has 0 aliphatic carbocycles. The van der Waals surface area contributed by atoms with Crippen molar-refractivity contribution in [3.8, 4) is 22.6 Å². The van der Waals surface area contributed by atoms with Crippen LogP contribution in [0.3, 0.4) is 0 Å². The number of pyridine rings is 1. The van der Waals surface area contributed by atoms with E-state index in [4.69, 9.17) is 9.47 Å². The van der Waals surface area contributed by atoms with Gasteiger partial charge in [-0.1, -0.05) is 18.2 Å². The molecule has 4 aromatic rings. The normalized spacial score (nSPS) is 15.2. The second-order valence-corrected chi connectivity index (χ2v) is 14.1. The predicted molar refractivity (Wildman–Crippen MR) is 158 cm³/mol. The van der Waals surface area contributed by atoms with Crippen LogP contribution in [0.4, 0.5) is 25.4 Å². The van der Waals surface area contributed by atoms with E-state index in [-0.39, 0.29) is 35.7 Å². The number of hydrogen-bond acceptors (Lipinski definition) is 10. The Bertz CT molecular complexity index is 1820. The summed E-state index contributed by atoms with van der Waals surface area (Å²) in [5.74, 6) is -0.289. The number of hydrogen-bond donors (Lipinski definition) is 5. The molecule has 2 amide bonds. The van der Waals surface area contributed by atoms with E-state index in [1.54, 1.807) is 25.2 Å². The smallest absolute Gasteiger partial charge is 0.414 e. The predicted octanol–water partition coefficient (Wildman–Crippen LogP) is 2.88. The molecule has 1 fully saturated rings. The number of carbonyl (C=O) groups is 2. The number of benzene rings is 2. The maximum atomic E-state index is 15.1. The molecule has 1 aliphatic rings. The van der Waals surface area contributed by atoms with Crippen molar-refractivity contribution in [1.82, 2.24) is 25.2 Å². The Morgan fingerprint density at radius 3 is 2.41 bits per heavy atom. The first-order chi connectivity index (χ1) is 21.7. The molecule has 46 heavy (non-hydrogen) atoms. The molecular weight excluding hydrogens is 651 g/mol. The minimum Gasteiger partial charge on any atom is -0.445 e. The molecule has 242 valence electrons. The van der Waals surface area contributed by atoms with Crippen molar-refractivity contribution in [3.63, 3.8) is 0 Å². The number of halogens is 1. The summed E-state index contributed by atoms with van der Waals surface area (Å²) in [4.78, 5) is 68.7. The lowest BCUT2D eigenvalue weighted by molar-refractivity contribution is 0.0798. The van der Waals surface area contributed by atoms with Gasteiger partial charge < -0.3 is 29.0 Å². The van der Waals surface area contributed by atoms with Gasteiger partial charge in [0.2, 0.25) is 5.82 Å². The van der Waals surface area contributed by atoms with Crippen LogP contribution in [-0.4, -0.2) is 81.6 Å².